The molecule has 2 heteroatoms. The van der Waals surface area contributed by atoms with Crippen LogP contribution in [0.4, 0.5) is 0 Å². The number of nitrogens with one attached hydrogen (secondary N) is 2. The lowest BCUT2D eigenvalue weighted by Crippen LogP contribution is -2.41. The standard InChI is InChI=1S/C12H22N2/c1-2-4-11-10(3-1)12(11)14-9-5-7-13-8-6-9/h9-14H,1-8H2. The molecule has 0 aromatic rings. The van der Waals surface area contributed by atoms with Crippen molar-refractivity contribution in [3.8, 4) is 0 Å². The van der Waals surface area contributed by atoms with E-state index in [1.165, 1.54) is 51.6 Å². The number of hydrogen-bond donors (Lipinski definition) is 2. The molecule has 2 aliphatic carbocycles. The zero-order chi connectivity index (χ0) is 9.38. The molecule has 0 bridgehead atoms. The zero-order valence-corrected chi connectivity index (χ0v) is 8.97. The van der Waals surface area contributed by atoms with E-state index in [9.17, 15) is 0 Å². The van der Waals surface area contributed by atoms with Gasteiger partial charge >= 0.3 is 0 Å². The largest absolute Gasteiger partial charge is 0.317 e. The minimum atomic E-state index is 0.826. The first kappa shape index (κ1) is 9.17. The molecule has 80 valence electrons. The van der Waals surface area contributed by atoms with E-state index in [0.717, 1.165) is 23.9 Å². The quantitative estimate of drug-likeness (QED) is 0.696. The van der Waals surface area contributed by atoms with Crippen molar-refractivity contribution in [2.45, 2.75) is 50.6 Å². The molecule has 3 aliphatic rings. The Labute approximate surface area is 86.8 Å². The molecule has 0 radical (unpaired) electrons. The Kier molecular flexibility index (Phi) is 2.50. The van der Waals surface area contributed by atoms with Gasteiger partial charge in [-0.2, -0.15) is 0 Å². The van der Waals surface area contributed by atoms with E-state index in [2.05, 4.69) is 10.6 Å². The van der Waals surface area contributed by atoms with Gasteiger partial charge in [-0.05, 0) is 50.6 Å². The molecule has 0 aromatic carbocycles. The maximum atomic E-state index is 3.89. The lowest BCUT2D eigenvalue weighted by molar-refractivity contribution is 0.375. The van der Waals surface area contributed by atoms with Gasteiger partial charge in [-0.25, -0.2) is 0 Å². The molecule has 0 aromatic heterocycles. The molecular formula is C12H22N2. The van der Waals surface area contributed by atoms with Gasteiger partial charge in [0.2, 0.25) is 0 Å². The molecule has 14 heavy (non-hydrogen) atoms. The summed E-state index contributed by atoms with van der Waals surface area (Å²) in [7, 11) is 0. The number of piperidine rings is 1. The maximum absolute atomic E-state index is 3.89. The van der Waals surface area contributed by atoms with Crippen molar-refractivity contribution < 1.29 is 0 Å². The molecular weight excluding hydrogens is 172 g/mol. The van der Waals surface area contributed by atoms with Crippen LogP contribution in [0.5, 0.6) is 0 Å². The van der Waals surface area contributed by atoms with Crippen molar-refractivity contribution in [1.82, 2.24) is 10.6 Å². The molecule has 1 heterocycles. The van der Waals surface area contributed by atoms with Crippen molar-refractivity contribution in [1.29, 1.82) is 0 Å². The first-order valence-electron chi connectivity index (χ1n) is 6.42. The van der Waals surface area contributed by atoms with E-state index in [0.29, 0.717) is 0 Å². The molecule has 1 saturated heterocycles. The lowest BCUT2D eigenvalue weighted by atomic mass is 10.0. The van der Waals surface area contributed by atoms with Gasteiger partial charge in [-0.3, -0.25) is 0 Å². The number of hydrogen-bond acceptors (Lipinski definition) is 2. The van der Waals surface area contributed by atoms with E-state index in [-0.39, 0.29) is 0 Å². The Balaban J connectivity index is 1.48. The average molecular weight is 194 g/mol. The fourth-order valence-corrected chi connectivity index (χ4v) is 3.50. The van der Waals surface area contributed by atoms with Crippen LogP contribution in [0.25, 0.3) is 0 Å². The lowest BCUT2D eigenvalue weighted by Gasteiger charge is -2.24. The highest BCUT2D eigenvalue weighted by atomic mass is 15.0. The predicted octanol–water partition coefficient (Wildman–Crippen LogP) is 1.52. The van der Waals surface area contributed by atoms with Crippen molar-refractivity contribution in [3.63, 3.8) is 0 Å². The molecule has 3 fully saturated rings. The van der Waals surface area contributed by atoms with E-state index in [1.807, 2.05) is 0 Å². The Morgan fingerprint density at radius 2 is 1.50 bits per heavy atom. The monoisotopic (exact) mass is 194 g/mol. The summed E-state index contributed by atoms with van der Waals surface area (Å²) in [5.74, 6) is 2.14. The summed E-state index contributed by atoms with van der Waals surface area (Å²) in [5.41, 5.74) is 0. The zero-order valence-electron chi connectivity index (χ0n) is 8.97. The summed E-state index contributed by atoms with van der Waals surface area (Å²) in [6.45, 7) is 2.44. The second kappa shape index (κ2) is 3.82. The molecule has 0 amide bonds. The fourth-order valence-electron chi connectivity index (χ4n) is 3.50. The highest BCUT2D eigenvalue weighted by Crippen LogP contribution is 2.50. The summed E-state index contributed by atoms with van der Waals surface area (Å²) in [4.78, 5) is 0. The van der Waals surface area contributed by atoms with Crippen LogP contribution in [0.15, 0.2) is 0 Å². The molecule has 2 saturated carbocycles. The number of rotatable bonds is 2. The SMILES string of the molecule is C1CCC2C(C1)C2NC1CCNCC1. The minimum Gasteiger partial charge on any atom is -0.317 e. The van der Waals surface area contributed by atoms with E-state index >= 15 is 0 Å². The molecule has 2 unspecified atom stereocenters. The molecule has 2 atom stereocenters. The van der Waals surface area contributed by atoms with Crippen LogP contribution in [0.3, 0.4) is 0 Å². The van der Waals surface area contributed by atoms with E-state index in [1.54, 1.807) is 0 Å². The molecule has 2 N–H and O–H groups in total. The van der Waals surface area contributed by atoms with Crippen LogP contribution in [-0.2, 0) is 0 Å². The van der Waals surface area contributed by atoms with Crippen LogP contribution < -0.4 is 10.6 Å². The molecule has 3 rings (SSSR count). The second-order valence-corrected chi connectivity index (χ2v) is 5.33. The third-order valence-corrected chi connectivity index (χ3v) is 4.42. The normalized spacial score (nSPS) is 43.3. The van der Waals surface area contributed by atoms with Gasteiger partial charge in [0.25, 0.3) is 0 Å². The van der Waals surface area contributed by atoms with Crippen LogP contribution in [0, 0.1) is 11.8 Å². The Hall–Kier alpha value is -0.0800. The van der Waals surface area contributed by atoms with Crippen LogP contribution >= 0.6 is 0 Å². The Bertz CT molecular complexity index is 186. The predicted molar refractivity (Wildman–Crippen MR) is 58.3 cm³/mol. The summed E-state index contributed by atoms with van der Waals surface area (Å²) >= 11 is 0. The second-order valence-electron chi connectivity index (χ2n) is 5.33. The fraction of sp³-hybridized carbons (Fsp3) is 1.00. The van der Waals surface area contributed by atoms with E-state index < -0.39 is 0 Å². The minimum absolute atomic E-state index is 0.826. The van der Waals surface area contributed by atoms with Gasteiger partial charge in [-0.1, -0.05) is 12.8 Å². The molecule has 1 aliphatic heterocycles. The molecule has 0 spiro atoms. The highest BCUT2D eigenvalue weighted by Gasteiger charge is 2.50. The first-order valence-corrected chi connectivity index (χ1v) is 6.42. The van der Waals surface area contributed by atoms with Crippen molar-refractivity contribution in [2.24, 2.45) is 11.8 Å². The van der Waals surface area contributed by atoms with Crippen LogP contribution in [0.1, 0.15) is 38.5 Å². The summed E-state index contributed by atoms with van der Waals surface area (Å²) in [6.07, 6.45) is 8.68. The van der Waals surface area contributed by atoms with Crippen molar-refractivity contribution in [2.75, 3.05) is 13.1 Å². The number of fused-ring (bicyclic) bond motifs is 1. The van der Waals surface area contributed by atoms with Crippen LogP contribution in [-0.4, -0.2) is 25.2 Å². The first-order chi connectivity index (χ1) is 6.95. The van der Waals surface area contributed by atoms with Gasteiger partial charge in [0.15, 0.2) is 0 Å². The van der Waals surface area contributed by atoms with Crippen LogP contribution in [0.2, 0.25) is 0 Å². The summed E-state index contributed by atoms with van der Waals surface area (Å²) in [5, 5.41) is 7.33. The van der Waals surface area contributed by atoms with Crippen molar-refractivity contribution >= 4 is 0 Å². The smallest absolute Gasteiger partial charge is 0.0133 e. The third kappa shape index (κ3) is 1.70. The highest BCUT2D eigenvalue weighted by molar-refractivity contribution is 5.05. The average Bonchev–Trinajstić information content (AvgIpc) is 2.94. The maximum Gasteiger partial charge on any atom is 0.0133 e. The third-order valence-electron chi connectivity index (χ3n) is 4.42. The Morgan fingerprint density at radius 3 is 2.14 bits per heavy atom. The summed E-state index contributed by atoms with van der Waals surface area (Å²) in [6, 6.07) is 1.74. The van der Waals surface area contributed by atoms with E-state index in [4.69, 9.17) is 0 Å². The van der Waals surface area contributed by atoms with Gasteiger partial charge in [0.1, 0.15) is 0 Å². The van der Waals surface area contributed by atoms with Gasteiger partial charge in [0, 0.05) is 12.1 Å². The topological polar surface area (TPSA) is 24.1 Å². The van der Waals surface area contributed by atoms with Gasteiger partial charge < -0.3 is 10.6 Å². The van der Waals surface area contributed by atoms with Gasteiger partial charge in [0.05, 0.1) is 0 Å². The Morgan fingerprint density at radius 1 is 0.857 bits per heavy atom. The molecule has 2 nitrogen and oxygen atoms in total. The van der Waals surface area contributed by atoms with Gasteiger partial charge in [-0.15, -0.1) is 0 Å². The van der Waals surface area contributed by atoms with Crippen molar-refractivity contribution in [3.05, 3.63) is 0 Å². The summed E-state index contributed by atoms with van der Waals surface area (Å²) < 4.78 is 0.